The first-order valence-electron chi connectivity index (χ1n) is 42.3. The predicted octanol–water partition coefficient (Wildman–Crippen LogP) is -2.38. The zero-order chi connectivity index (χ0) is 93.0. The number of ketones is 2. The van der Waals surface area contributed by atoms with Gasteiger partial charge in [0.05, 0.1) is 44.7 Å². The first-order valence-corrected chi connectivity index (χ1v) is 42.3. The molecule has 0 saturated heterocycles. The van der Waals surface area contributed by atoms with E-state index >= 15 is 0 Å². The summed E-state index contributed by atoms with van der Waals surface area (Å²) in [5.41, 5.74) is 6.48. The Balaban J connectivity index is 0.0000781. The van der Waals surface area contributed by atoms with Crippen LogP contribution in [0.5, 0.6) is 0 Å². The number of carbonyl (C=O) groups excluding carboxylic acids is 17. The Bertz CT molecular complexity index is 3810. The van der Waals surface area contributed by atoms with Gasteiger partial charge in [0.15, 0.2) is 0 Å². The third kappa shape index (κ3) is 44.2. The van der Waals surface area contributed by atoms with Crippen molar-refractivity contribution in [1.29, 1.82) is 0 Å². The van der Waals surface area contributed by atoms with Crippen LogP contribution < -0.4 is 80.2 Å². The third-order valence-electron chi connectivity index (χ3n) is 19.8. The molecule has 42 nitrogen and oxygen atoms in total. The number of aliphatic carboxylic acids is 2. The number of carbonyl (C=O) groups is 19. The summed E-state index contributed by atoms with van der Waals surface area (Å²) in [5.74, 6) is -18.1. The second-order valence-corrected chi connectivity index (χ2v) is 30.9. The molecule has 0 saturated carbocycles. The number of nitrogens with two attached hydrogens (primary N) is 1. The molecule has 14 atom stereocenters. The standard InChI is InChI=1S/C82H131N17O25.2H2/c1-9-24-54(104)40-52(62(105)32-20-15-19-31-56(91-64(107)26-11-3)74(116)86-38-23-21-30-55(72(83)114)90-63(106)25-10-2)29-18-12-13-22-37-85-60(44-100)78(120)97-69(47(4)5)81(123)94-59(41-68(112)113)76(118)95-61(45-101)79(121)99-71(50(8)103)82(124)93-58(39-51-27-16-14-17-28-51)77(119)98-70(49(7)102)80(122)87-43-66(109)92-57(34-36-67(110)111)75(117)89-48(6)73(115)96-65(108)35-33-53-42-84-46-88-53;;/h14,16-17,27-28,42,46-50,52,55-61,69-71,85,100-103H,9-13,15,18-26,29-41,43-45H2,1-8H3,(H2,83,114)(H,84,88)(H,86,116)(H,87,122)(H,89,117)(H,90,106)(H,91,107)(H,92,109)(H,93,124)(H,94,123)(H,95,118)(H,97,120)(H,98,119)(H,99,121)(H,110,111)(H,112,113)(H,96,108,115);2*1H/t48-,49+,50+,52?,55-,56-,57?,58-,59?,60?,61-,69-,70-,71-;;/m0../s1. The van der Waals surface area contributed by atoms with E-state index in [9.17, 15) is 122 Å². The van der Waals surface area contributed by atoms with Gasteiger partial charge in [-0.15, -0.1) is 0 Å². The van der Waals surface area contributed by atoms with Gasteiger partial charge in [-0.25, -0.2) is 4.98 Å². The second kappa shape index (κ2) is 60.3. The van der Waals surface area contributed by atoms with Crippen molar-refractivity contribution < 1.29 is 125 Å². The summed E-state index contributed by atoms with van der Waals surface area (Å²) in [6.07, 6.45) is 5.48. The van der Waals surface area contributed by atoms with Crippen LogP contribution in [-0.2, 0) is 104 Å². The molecule has 42 heteroatoms. The van der Waals surface area contributed by atoms with E-state index < -0.39 is 212 Å². The fourth-order valence-electron chi connectivity index (χ4n) is 12.8. The van der Waals surface area contributed by atoms with Gasteiger partial charge in [-0.1, -0.05) is 97.1 Å². The maximum absolute atomic E-state index is 14.2. The van der Waals surface area contributed by atoms with Crippen LogP contribution in [0.4, 0.5) is 0 Å². The van der Waals surface area contributed by atoms with Crippen LogP contribution in [-0.4, -0.2) is 264 Å². The average Bonchev–Trinajstić information content (AvgIpc) is 0.943. The number of aliphatic hydroxyl groups excluding tert-OH is 4. The molecule has 1 aromatic heterocycles. The SMILES string of the molecule is CCCC(=O)CC(CCCCCCNC(CO)C(=O)N[C@H](C(=O)NC(CC(=O)O)C(=O)N[C@@H](CO)C(=O)N[C@H](C(=O)N[C@@H](Cc1ccccc1)C(=O)N[C@H](C(=O)NCC(=O)NC(CCC(=O)O)C(=O)N[C@@H](C)C(=O)NC(=O)CCc1cnc[nH]1)[C@@H](C)O)[C@@H](C)O)C(C)C)C(=O)CCCCC[C@H](NC(=O)CCC)C(=O)NCCCC[C@H](NC(=O)CCC)C(N)=O.[HH].[HH]. The Morgan fingerprint density at radius 2 is 0.944 bits per heavy atom. The maximum atomic E-state index is 14.2. The number of hydrogen-bond acceptors (Lipinski definition) is 25. The summed E-state index contributed by atoms with van der Waals surface area (Å²) in [6, 6.07) is -9.27. The Morgan fingerprint density at radius 1 is 0.435 bits per heavy atom. The van der Waals surface area contributed by atoms with E-state index in [-0.39, 0.29) is 90.2 Å². The summed E-state index contributed by atoms with van der Waals surface area (Å²) in [7, 11) is 0. The number of nitrogens with one attached hydrogen (secondary N) is 15. The normalized spacial score (nSPS) is 14.5. The lowest BCUT2D eigenvalue weighted by Gasteiger charge is -2.29. The van der Waals surface area contributed by atoms with Gasteiger partial charge in [-0.3, -0.25) is 96.4 Å². The first-order chi connectivity index (χ1) is 58.8. The monoisotopic (exact) mass is 1760 g/mol. The molecule has 4 unspecified atom stereocenters. The molecule has 23 N–H and O–H groups in total. The van der Waals surface area contributed by atoms with Gasteiger partial charge >= 0.3 is 11.9 Å². The summed E-state index contributed by atoms with van der Waals surface area (Å²) in [4.78, 5) is 256. The van der Waals surface area contributed by atoms with Crippen molar-refractivity contribution in [3.05, 3.63) is 54.1 Å². The van der Waals surface area contributed by atoms with Crippen molar-refractivity contribution in [2.24, 2.45) is 17.6 Å². The number of carboxylic acid groups (broad SMARTS) is 2. The van der Waals surface area contributed by atoms with E-state index in [4.69, 9.17) is 5.73 Å². The first kappa shape index (κ1) is 109. The lowest BCUT2D eigenvalue weighted by atomic mass is 9.88. The molecule has 0 radical (unpaired) electrons. The quantitative estimate of drug-likeness (QED) is 0.0308. The number of aromatic amines is 1. The lowest BCUT2D eigenvalue weighted by molar-refractivity contribution is -0.142. The predicted molar refractivity (Wildman–Crippen MR) is 451 cm³/mol. The van der Waals surface area contributed by atoms with Gasteiger partial charge in [0, 0.05) is 78.6 Å². The zero-order valence-electron chi connectivity index (χ0n) is 72.1. The van der Waals surface area contributed by atoms with Crippen molar-refractivity contribution >= 4 is 112 Å². The number of H-pyrrole nitrogens is 1. The molecule has 2 aromatic rings. The summed E-state index contributed by atoms with van der Waals surface area (Å²) < 4.78 is 0. The number of carboxylic acids is 2. The highest BCUT2D eigenvalue weighted by atomic mass is 16.4. The molecule has 15 amide bonds. The number of aliphatic hydroxyl groups is 4. The number of aryl methyl sites for hydroxylation is 1. The fraction of sp³-hybridized carbons (Fsp3) is 0.659. The minimum Gasteiger partial charge on any atom is -0.481 e. The number of benzene rings is 1. The van der Waals surface area contributed by atoms with Crippen LogP contribution >= 0.6 is 0 Å². The molecule has 124 heavy (non-hydrogen) atoms. The molecular weight excluding hydrogens is 1620 g/mol. The van der Waals surface area contributed by atoms with Gasteiger partial charge in [-0.05, 0) is 116 Å². The fourth-order valence-corrected chi connectivity index (χ4v) is 12.8. The average molecular weight is 1760 g/mol. The van der Waals surface area contributed by atoms with Crippen molar-refractivity contribution in [2.75, 3.05) is 32.8 Å². The van der Waals surface area contributed by atoms with E-state index in [1.807, 2.05) is 20.8 Å². The van der Waals surface area contributed by atoms with Gasteiger partial charge in [0.1, 0.15) is 78.0 Å². The zero-order valence-corrected chi connectivity index (χ0v) is 72.1. The third-order valence-corrected chi connectivity index (χ3v) is 19.8. The number of Topliss-reactive ketones (excluding diaryl/α,β-unsaturated/α-hetero) is 2. The topological polar surface area (TPSA) is 669 Å². The Kier molecular flexibility index (Phi) is 52.9. The second-order valence-electron chi connectivity index (χ2n) is 30.9. The molecule has 0 aliphatic heterocycles. The van der Waals surface area contributed by atoms with Crippen molar-refractivity contribution in [1.82, 2.24) is 84.4 Å². The number of amides is 15. The van der Waals surface area contributed by atoms with Crippen molar-refractivity contribution in [3.8, 4) is 0 Å². The minimum atomic E-state index is -2.05. The number of imide groups is 1. The highest BCUT2D eigenvalue weighted by Crippen LogP contribution is 2.22. The number of imidazole rings is 1. The van der Waals surface area contributed by atoms with Crippen LogP contribution in [0.15, 0.2) is 42.9 Å². The van der Waals surface area contributed by atoms with Crippen LogP contribution in [0.3, 0.4) is 0 Å². The number of rotatable bonds is 66. The maximum Gasteiger partial charge on any atom is 0.305 e. The van der Waals surface area contributed by atoms with Crippen LogP contribution in [0, 0.1) is 11.8 Å². The summed E-state index contributed by atoms with van der Waals surface area (Å²) >= 11 is 0. The molecule has 0 aliphatic carbocycles. The van der Waals surface area contributed by atoms with E-state index in [2.05, 4.69) is 84.4 Å². The molecule has 0 spiro atoms. The van der Waals surface area contributed by atoms with Gasteiger partial charge in [0.25, 0.3) is 0 Å². The lowest BCUT2D eigenvalue weighted by Crippen LogP contribution is -2.63. The molecule has 2 rings (SSSR count). The Hall–Kier alpha value is -11.2. The number of unbranched alkanes of at least 4 members (excludes halogenated alkanes) is 6. The number of hydrogen-bond donors (Lipinski definition) is 22. The van der Waals surface area contributed by atoms with Crippen LogP contribution in [0.2, 0.25) is 0 Å². The van der Waals surface area contributed by atoms with E-state index in [0.717, 1.165) is 13.8 Å². The van der Waals surface area contributed by atoms with E-state index in [1.54, 1.807) is 18.2 Å². The number of nitrogens with zero attached hydrogens (tertiary/aromatic N) is 1. The molecule has 1 heterocycles. The number of aromatic nitrogens is 2. The highest BCUT2D eigenvalue weighted by Gasteiger charge is 2.38. The molecule has 0 bridgehead atoms. The summed E-state index contributed by atoms with van der Waals surface area (Å²) in [5, 5.41) is 95.3. The van der Waals surface area contributed by atoms with Crippen LogP contribution in [0.25, 0.3) is 0 Å². The molecule has 0 aliphatic rings. The number of primary amides is 1. The Morgan fingerprint density at radius 3 is 1.52 bits per heavy atom. The Labute approximate surface area is 723 Å². The van der Waals surface area contributed by atoms with Crippen molar-refractivity contribution in [2.45, 2.75) is 301 Å². The van der Waals surface area contributed by atoms with Gasteiger partial charge < -0.3 is 110 Å². The van der Waals surface area contributed by atoms with Crippen molar-refractivity contribution in [3.63, 3.8) is 0 Å². The van der Waals surface area contributed by atoms with E-state index in [1.165, 1.54) is 45.4 Å². The molecular formula is C82H135N17O25. The molecule has 698 valence electrons. The summed E-state index contributed by atoms with van der Waals surface area (Å²) in [6.45, 7) is 9.39. The largest absolute Gasteiger partial charge is 0.481 e. The van der Waals surface area contributed by atoms with E-state index in [0.29, 0.717) is 114 Å². The minimum absolute atomic E-state index is 0. The van der Waals surface area contributed by atoms with Gasteiger partial charge in [0.2, 0.25) is 88.6 Å². The molecule has 1 aromatic carbocycles. The van der Waals surface area contributed by atoms with Crippen LogP contribution in [0.1, 0.15) is 224 Å². The highest BCUT2D eigenvalue weighted by molar-refractivity contribution is 6.01. The smallest absolute Gasteiger partial charge is 0.305 e. The molecule has 0 fully saturated rings. The van der Waals surface area contributed by atoms with Gasteiger partial charge in [-0.2, -0.15) is 0 Å².